The molecule has 0 fully saturated rings. The summed E-state index contributed by atoms with van der Waals surface area (Å²) in [5.74, 6) is 0.454. The third-order valence-corrected chi connectivity index (χ3v) is 3.11. The van der Waals surface area contributed by atoms with Crippen molar-refractivity contribution in [2.24, 2.45) is 0 Å². The Morgan fingerprint density at radius 3 is 3.00 bits per heavy atom. The van der Waals surface area contributed by atoms with Crippen LogP contribution in [0, 0.1) is 0 Å². The van der Waals surface area contributed by atoms with Gasteiger partial charge in [0.25, 0.3) is 5.91 Å². The number of hydrogen-bond acceptors (Lipinski definition) is 3. The molecule has 0 saturated carbocycles. The van der Waals surface area contributed by atoms with Crippen LogP contribution in [0.15, 0.2) is 18.2 Å². The maximum Gasteiger partial charge on any atom is 0.251 e. The minimum atomic E-state index is -0.0490. The highest BCUT2D eigenvalue weighted by molar-refractivity contribution is 6.17. The van der Waals surface area contributed by atoms with Gasteiger partial charge in [0.1, 0.15) is 0 Å². The van der Waals surface area contributed by atoms with E-state index in [1.165, 1.54) is 5.56 Å². The molecule has 0 atom stereocenters. The number of halogens is 1. The molecule has 0 unspecified atom stereocenters. The summed E-state index contributed by atoms with van der Waals surface area (Å²) < 4.78 is 10.6. The molecular formula is C14H18ClNO3. The minimum Gasteiger partial charge on any atom is -0.380 e. The summed E-state index contributed by atoms with van der Waals surface area (Å²) in [6.07, 6.45) is 0.788. The van der Waals surface area contributed by atoms with Crippen molar-refractivity contribution in [1.82, 2.24) is 5.32 Å². The van der Waals surface area contributed by atoms with Gasteiger partial charge in [-0.2, -0.15) is 0 Å². The van der Waals surface area contributed by atoms with Crippen LogP contribution in [-0.2, 0) is 22.7 Å². The third-order valence-electron chi connectivity index (χ3n) is 2.96. The standard InChI is InChI=1S/C14H18ClNO3/c15-4-7-18-6-1-5-16-14(17)11-2-3-12-9-19-10-13(12)8-11/h2-3,8H,1,4-7,9-10H2,(H,16,17). The first kappa shape index (κ1) is 14.3. The van der Waals surface area contributed by atoms with E-state index >= 15 is 0 Å². The molecule has 5 heteroatoms. The van der Waals surface area contributed by atoms with E-state index in [4.69, 9.17) is 21.1 Å². The number of ether oxygens (including phenoxy) is 2. The molecule has 0 aromatic heterocycles. The van der Waals surface area contributed by atoms with Gasteiger partial charge in [0.2, 0.25) is 0 Å². The Bertz CT molecular complexity index is 437. The van der Waals surface area contributed by atoms with Gasteiger partial charge in [-0.15, -0.1) is 11.6 Å². The summed E-state index contributed by atoms with van der Waals surface area (Å²) in [7, 11) is 0. The number of nitrogens with one attached hydrogen (secondary N) is 1. The highest BCUT2D eigenvalue weighted by Crippen LogP contribution is 2.20. The summed E-state index contributed by atoms with van der Waals surface area (Å²) in [6.45, 7) is 3.03. The van der Waals surface area contributed by atoms with Crippen LogP contribution in [0.1, 0.15) is 27.9 Å². The monoisotopic (exact) mass is 283 g/mol. The highest BCUT2D eigenvalue weighted by atomic mass is 35.5. The summed E-state index contributed by atoms with van der Waals surface area (Å²) in [5, 5.41) is 2.87. The van der Waals surface area contributed by atoms with E-state index in [9.17, 15) is 4.79 Å². The topological polar surface area (TPSA) is 47.6 Å². The van der Waals surface area contributed by atoms with Crippen molar-refractivity contribution >= 4 is 17.5 Å². The molecule has 104 valence electrons. The lowest BCUT2D eigenvalue weighted by Crippen LogP contribution is -2.25. The maximum atomic E-state index is 11.9. The van der Waals surface area contributed by atoms with Crippen molar-refractivity contribution in [3.63, 3.8) is 0 Å². The number of benzene rings is 1. The Hall–Kier alpha value is -1.10. The van der Waals surface area contributed by atoms with Gasteiger partial charge >= 0.3 is 0 Å². The van der Waals surface area contributed by atoms with E-state index < -0.39 is 0 Å². The molecule has 4 nitrogen and oxygen atoms in total. The second kappa shape index (κ2) is 7.48. The summed E-state index contributed by atoms with van der Waals surface area (Å²) in [6, 6.07) is 5.70. The van der Waals surface area contributed by atoms with E-state index in [0.717, 1.165) is 12.0 Å². The molecule has 1 N–H and O–H groups in total. The van der Waals surface area contributed by atoms with Crippen molar-refractivity contribution < 1.29 is 14.3 Å². The number of carbonyl (C=O) groups is 1. The molecule has 2 rings (SSSR count). The summed E-state index contributed by atoms with van der Waals surface area (Å²) in [4.78, 5) is 11.9. The van der Waals surface area contributed by atoms with Gasteiger partial charge in [-0.3, -0.25) is 4.79 Å². The van der Waals surface area contributed by atoms with Gasteiger partial charge in [-0.1, -0.05) is 6.07 Å². The van der Waals surface area contributed by atoms with Gasteiger partial charge in [-0.25, -0.2) is 0 Å². The van der Waals surface area contributed by atoms with Crippen LogP contribution in [0.4, 0.5) is 0 Å². The fraction of sp³-hybridized carbons (Fsp3) is 0.500. The fourth-order valence-corrected chi connectivity index (χ4v) is 2.06. The molecule has 0 bridgehead atoms. The smallest absolute Gasteiger partial charge is 0.251 e. The first-order chi connectivity index (χ1) is 9.31. The molecule has 1 aromatic rings. The van der Waals surface area contributed by atoms with E-state index in [1.54, 1.807) is 0 Å². The number of hydrogen-bond donors (Lipinski definition) is 1. The van der Waals surface area contributed by atoms with Crippen LogP contribution in [0.5, 0.6) is 0 Å². The fourth-order valence-electron chi connectivity index (χ4n) is 1.95. The first-order valence-corrected chi connectivity index (χ1v) is 6.96. The lowest BCUT2D eigenvalue weighted by atomic mass is 10.1. The summed E-state index contributed by atoms with van der Waals surface area (Å²) in [5.41, 5.74) is 2.97. The molecule has 1 aliphatic rings. The Balaban J connectivity index is 1.74. The van der Waals surface area contributed by atoms with Gasteiger partial charge in [0.05, 0.1) is 19.8 Å². The second-order valence-electron chi connectivity index (χ2n) is 4.39. The Morgan fingerprint density at radius 1 is 1.32 bits per heavy atom. The predicted octanol–water partition coefficient (Wildman–Crippen LogP) is 2.09. The number of carbonyl (C=O) groups excluding carboxylic acids is 1. The first-order valence-electron chi connectivity index (χ1n) is 6.42. The highest BCUT2D eigenvalue weighted by Gasteiger charge is 2.13. The van der Waals surface area contributed by atoms with Crippen molar-refractivity contribution in [2.75, 3.05) is 25.6 Å². The van der Waals surface area contributed by atoms with Gasteiger partial charge in [0, 0.05) is 24.6 Å². The Morgan fingerprint density at radius 2 is 2.16 bits per heavy atom. The molecule has 0 spiro atoms. The van der Waals surface area contributed by atoms with Crippen LogP contribution in [0.2, 0.25) is 0 Å². The van der Waals surface area contributed by atoms with Gasteiger partial charge in [0.15, 0.2) is 0 Å². The number of alkyl halides is 1. The van der Waals surface area contributed by atoms with E-state index in [2.05, 4.69) is 5.32 Å². The van der Waals surface area contributed by atoms with Crippen molar-refractivity contribution in [3.05, 3.63) is 34.9 Å². The predicted molar refractivity (Wildman–Crippen MR) is 73.4 cm³/mol. The lowest BCUT2D eigenvalue weighted by Gasteiger charge is -2.06. The molecule has 1 heterocycles. The lowest BCUT2D eigenvalue weighted by molar-refractivity contribution is 0.0944. The Labute approximate surface area is 118 Å². The molecule has 1 aliphatic heterocycles. The zero-order valence-corrected chi connectivity index (χ0v) is 11.5. The maximum absolute atomic E-state index is 11.9. The SMILES string of the molecule is O=C(NCCCOCCCl)c1ccc2c(c1)COC2. The molecular weight excluding hydrogens is 266 g/mol. The van der Waals surface area contributed by atoms with Crippen molar-refractivity contribution in [3.8, 4) is 0 Å². The molecule has 1 amide bonds. The average Bonchev–Trinajstić information content (AvgIpc) is 2.89. The molecule has 0 aliphatic carbocycles. The number of rotatable bonds is 7. The molecule has 1 aromatic carbocycles. The molecule has 0 radical (unpaired) electrons. The normalized spacial score (nSPS) is 13.3. The minimum absolute atomic E-state index is 0.0490. The Kier molecular flexibility index (Phi) is 5.63. The number of amides is 1. The third kappa shape index (κ3) is 4.20. The average molecular weight is 284 g/mol. The van der Waals surface area contributed by atoms with E-state index in [1.807, 2.05) is 18.2 Å². The van der Waals surface area contributed by atoms with Crippen LogP contribution < -0.4 is 5.32 Å². The second-order valence-corrected chi connectivity index (χ2v) is 4.77. The van der Waals surface area contributed by atoms with E-state index in [0.29, 0.717) is 44.4 Å². The molecule has 19 heavy (non-hydrogen) atoms. The van der Waals surface area contributed by atoms with E-state index in [-0.39, 0.29) is 5.91 Å². The zero-order chi connectivity index (χ0) is 13.5. The van der Waals surface area contributed by atoms with Gasteiger partial charge in [-0.05, 0) is 29.7 Å². The largest absolute Gasteiger partial charge is 0.380 e. The zero-order valence-electron chi connectivity index (χ0n) is 10.8. The number of fused-ring (bicyclic) bond motifs is 1. The van der Waals surface area contributed by atoms with Crippen LogP contribution in [0.3, 0.4) is 0 Å². The van der Waals surface area contributed by atoms with Crippen molar-refractivity contribution in [1.29, 1.82) is 0 Å². The van der Waals surface area contributed by atoms with Crippen LogP contribution >= 0.6 is 11.6 Å². The van der Waals surface area contributed by atoms with Gasteiger partial charge < -0.3 is 14.8 Å². The van der Waals surface area contributed by atoms with Crippen LogP contribution in [0.25, 0.3) is 0 Å². The van der Waals surface area contributed by atoms with Crippen LogP contribution in [-0.4, -0.2) is 31.5 Å². The molecule has 0 saturated heterocycles. The van der Waals surface area contributed by atoms with Crippen molar-refractivity contribution in [2.45, 2.75) is 19.6 Å². The summed E-state index contributed by atoms with van der Waals surface area (Å²) >= 11 is 5.49. The quantitative estimate of drug-likeness (QED) is 0.616.